The predicted molar refractivity (Wildman–Crippen MR) is 83.3 cm³/mol. The minimum absolute atomic E-state index is 0.00424. The summed E-state index contributed by atoms with van der Waals surface area (Å²) in [5.74, 6) is -0.00424. The van der Waals surface area contributed by atoms with Gasteiger partial charge in [-0.25, -0.2) is 0 Å². The Hall–Kier alpha value is -0.770. The van der Waals surface area contributed by atoms with Crippen molar-refractivity contribution in [2.45, 2.75) is 44.7 Å². The van der Waals surface area contributed by atoms with E-state index in [1.165, 1.54) is 25.7 Å². The molecule has 5 heteroatoms. The highest BCUT2D eigenvalue weighted by molar-refractivity contribution is 6.35. The number of nitrogens with one attached hydrogen (secondary N) is 2. The molecule has 0 radical (unpaired) electrons. The smallest absolute Gasteiger partial charge is 0.234 e. The molecule has 1 saturated carbocycles. The molecular formula is C15H20Cl2N2O. The molecule has 3 nitrogen and oxygen atoms in total. The third-order valence-electron chi connectivity index (χ3n) is 3.71. The fourth-order valence-electron chi connectivity index (χ4n) is 2.59. The van der Waals surface area contributed by atoms with Crippen molar-refractivity contribution >= 4 is 29.1 Å². The zero-order valence-corrected chi connectivity index (χ0v) is 13.1. The van der Waals surface area contributed by atoms with E-state index in [0.29, 0.717) is 22.6 Å². The number of benzene rings is 1. The van der Waals surface area contributed by atoms with E-state index in [1.807, 2.05) is 13.0 Å². The van der Waals surface area contributed by atoms with Gasteiger partial charge in [-0.1, -0.05) is 42.1 Å². The van der Waals surface area contributed by atoms with Crippen LogP contribution in [-0.4, -0.2) is 18.5 Å². The van der Waals surface area contributed by atoms with E-state index in [-0.39, 0.29) is 11.9 Å². The number of carbonyl (C=O) groups excluding carboxylic acids is 1. The highest BCUT2D eigenvalue weighted by Crippen LogP contribution is 2.26. The van der Waals surface area contributed by atoms with Gasteiger partial charge in [0.05, 0.1) is 12.6 Å². The number of halogens is 2. The van der Waals surface area contributed by atoms with Crippen LogP contribution in [0.3, 0.4) is 0 Å². The molecule has 0 aromatic heterocycles. The summed E-state index contributed by atoms with van der Waals surface area (Å²) in [6.45, 7) is 2.28. The molecule has 0 heterocycles. The van der Waals surface area contributed by atoms with Crippen LogP contribution in [0.2, 0.25) is 10.0 Å². The lowest BCUT2D eigenvalue weighted by molar-refractivity contribution is -0.121. The number of hydrogen-bond acceptors (Lipinski definition) is 2. The van der Waals surface area contributed by atoms with Crippen molar-refractivity contribution in [3.63, 3.8) is 0 Å². The lowest BCUT2D eigenvalue weighted by Gasteiger charge is -2.17. The van der Waals surface area contributed by atoms with Gasteiger partial charge in [0.25, 0.3) is 0 Å². The molecule has 2 N–H and O–H groups in total. The van der Waals surface area contributed by atoms with Crippen molar-refractivity contribution in [2.75, 3.05) is 6.54 Å². The molecule has 1 aromatic carbocycles. The maximum Gasteiger partial charge on any atom is 0.234 e. The van der Waals surface area contributed by atoms with E-state index in [0.717, 1.165) is 5.56 Å². The zero-order chi connectivity index (χ0) is 14.5. The third kappa shape index (κ3) is 4.37. The number of amides is 1. The Morgan fingerprint density at radius 1 is 1.35 bits per heavy atom. The molecule has 1 aliphatic carbocycles. The molecule has 1 aliphatic rings. The van der Waals surface area contributed by atoms with E-state index >= 15 is 0 Å². The molecular weight excluding hydrogens is 295 g/mol. The van der Waals surface area contributed by atoms with Gasteiger partial charge in [-0.05, 0) is 37.5 Å². The molecule has 2 rings (SSSR count). The SMILES string of the molecule is CC(NC(=O)CNC1CCCC1)c1ccc(Cl)cc1Cl. The number of carbonyl (C=O) groups is 1. The van der Waals surface area contributed by atoms with Crippen LogP contribution in [0, 0.1) is 0 Å². The van der Waals surface area contributed by atoms with Crippen LogP contribution in [0.4, 0.5) is 0 Å². The van der Waals surface area contributed by atoms with Gasteiger partial charge in [0.2, 0.25) is 5.91 Å². The van der Waals surface area contributed by atoms with E-state index in [9.17, 15) is 4.79 Å². The molecule has 1 amide bonds. The summed E-state index contributed by atoms with van der Waals surface area (Å²) in [6.07, 6.45) is 4.86. The topological polar surface area (TPSA) is 41.1 Å². The molecule has 0 bridgehead atoms. The van der Waals surface area contributed by atoms with Crippen LogP contribution >= 0.6 is 23.2 Å². The van der Waals surface area contributed by atoms with Crippen LogP contribution in [0.5, 0.6) is 0 Å². The summed E-state index contributed by atoms with van der Waals surface area (Å²) >= 11 is 12.0. The third-order valence-corrected chi connectivity index (χ3v) is 4.28. The molecule has 20 heavy (non-hydrogen) atoms. The molecule has 0 aliphatic heterocycles. The van der Waals surface area contributed by atoms with Crippen molar-refractivity contribution in [2.24, 2.45) is 0 Å². The molecule has 0 spiro atoms. The summed E-state index contributed by atoms with van der Waals surface area (Å²) in [4.78, 5) is 11.9. The highest BCUT2D eigenvalue weighted by atomic mass is 35.5. The van der Waals surface area contributed by atoms with Crippen LogP contribution in [0.1, 0.15) is 44.2 Å². The summed E-state index contributed by atoms with van der Waals surface area (Å²) in [5.41, 5.74) is 0.880. The van der Waals surface area contributed by atoms with Gasteiger partial charge in [-0.15, -0.1) is 0 Å². The quantitative estimate of drug-likeness (QED) is 0.870. The van der Waals surface area contributed by atoms with Crippen molar-refractivity contribution < 1.29 is 4.79 Å². The van der Waals surface area contributed by atoms with Crippen LogP contribution in [-0.2, 0) is 4.79 Å². The second kappa shape index (κ2) is 7.30. The largest absolute Gasteiger partial charge is 0.348 e. The summed E-state index contributed by atoms with van der Waals surface area (Å²) in [5, 5.41) is 7.42. The van der Waals surface area contributed by atoms with E-state index in [1.54, 1.807) is 12.1 Å². The first-order valence-corrected chi connectivity index (χ1v) is 7.79. The maximum atomic E-state index is 11.9. The second-order valence-electron chi connectivity index (χ2n) is 5.32. The summed E-state index contributed by atoms with van der Waals surface area (Å²) in [7, 11) is 0. The number of rotatable bonds is 5. The maximum absolute atomic E-state index is 11.9. The fourth-order valence-corrected chi connectivity index (χ4v) is 3.16. The Kier molecular flexibility index (Phi) is 5.70. The van der Waals surface area contributed by atoms with Gasteiger partial charge >= 0.3 is 0 Å². The normalized spacial score (nSPS) is 17.1. The van der Waals surface area contributed by atoms with E-state index in [4.69, 9.17) is 23.2 Å². The monoisotopic (exact) mass is 314 g/mol. The molecule has 1 aromatic rings. The average molecular weight is 315 g/mol. The van der Waals surface area contributed by atoms with Crippen molar-refractivity contribution in [1.82, 2.24) is 10.6 Å². The van der Waals surface area contributed by atoms with Gasteiger partial charge < -0.3 is 10.6 Å². The molecule has 1 atom stereocenters. The molecule has 110 valence electrons. The first-order valence-electron chi connectivity index (χ1n) is 7.04. The van der Waals surface area contributed by atoms with Gasteiger partial charge in [-0.2, -0.15) is 0 Å². The number of hydrogen-bond donors (Lipinski definition) is 2. The van der Waals surface area contributed by atoms with Gasteiger partial charge in [-0.3, -0.25) is 4.79 Å². The summed E-state index contributed by atoms with van der Waals surface area (Å²) < 4.78 is 0. The van der Waals surface area contributed by atoms with E-state index in [2.05, 4.69) is 10.6 Å². The van der Waals surface area contributed by atoms with Gasteiger partial charge in [0.1, 0.15) is 0 Å². The van der Waals surface area contributed by atoms with Gasteiger partial charge in [0.15, 0.2) is 0 Å². The van der Waals surface area contributed by atoms with E-state index < -0.39 is 0 Å². The molecule has 1 fully saturated rings. The predicted octanol–water partition coefficient (Wildman–Crippen LogP) is 3.70. The van der Waals surface area contributed by atoms with Crippen molar-refractivity contribution in [1.29, 1.82) is 0 Å². The first kappa shape index (κ1) is 15.6. The molecule has 0 saturated heterocycles. The molecule has 1 unspecified atom stereocenters. The standard InChI is InChI=1S/C15H20Cl2N2O/c1-10(13-7-6-11(16)8-14(13)17)19-15(20)9-18-12-4-2-3-5-12/h6-8,10,12,18H,2-5,9H2,1H3,(H,19,20). The minimum Gasteiger partial charge on any atom is -0.348 e. The Labute approximate surface area is 130 Å². The Bertz CT molecular complexity index is 473. The van der Waals surface area contributed by atoms with Crippen LogP contribution in [0.15, 0.2) is 18.2 Å². The van der Waals surface area contributed by atoms with Crippen LogP contribution in [0.25, 0.3) is 0 Å². The zero-order valence-electron chi connectivity index (χ0n) is 11.6. The Balaban J connectivity index is 1.83. The summed E-state index contributed by atoms with van der Waals surface area (Å²) in [6, 6.07) is 5.69. The highest BCUT2D eigenvalue weighted by Gasteiger charge is 2.17. The fraction of sp³-hybridized carbons (Fsp3) is 0.533. The minimum atomic E-state index is -0.127. The van der Waals surface area contributed by atoms with Crippen molar-refractivity contribution in [3.05, 3.63) is 33.8 Å². The lowest BCUT2D eigenvalue weighted by Crippen LogP contribution is -2.39. The second-order valence-corrected chi connectivity index (χ2v) is 6.16. The average Bonchev–Trinajstić information content (AvgIpc) is 2.89. The lowest BCUT2D eigenvalue weighted by atomic mass is 10.1. The van der Waals surface area contributed by atoms with Crippen LogP contribution < -0.4 is 10.6 Å². The Morgan fingerprint density at radius 3 is 2.70 bits per heavy atom. The Morgan fingerprint density at radius 2 is 2.05 bits per heavy atom. The first-order chi connectivity index (χ1) is 9.56. The van der Waals surface area contributed by atoms with Gasteiger partial charge in [0, 0.05) is 16.1 Å². The van der Waals surface area contributed by atoms with Crippen molar-refractivity contribution in [3.8, 4) is 0 Å².